The predicted octanol–water partition coefficient (Wildman–Crippen LogP) is 1.13. The number of rotatable bonds is 2. The van der Waals surface area contributed by atoms with E-state index in [2.05, 4.69) is 6.92 Å². The SMILES string of the molecule is CC1CCCC(C(N)CO)C1. The maximum absolute atomic E-state index is 8.85. The molecule has 0 aromatic carbocycles. The largest absolute Gasteiger partial charge is 0.395 e. The van der Waals surface area contributed by atoms with Crippen molar-refractivity contribution in [1.29, 1.82) is 0 Å². The molecule has 3 unspecified atom stereocenters. The van der Waals surface area contributed by atoms with E-state index in [1.807, 2.05) is 0 Å². The van der Waals surface area contributed by atoms with Crippen LogP contribution in [0, 0.1) is 11.8 Å². The minimum atomic E-state index is 0.0257. The smallest absolute Gasteiger partial charge is 0.0585 e. The lowest BCUT2D eigenvalue weighted by Crippen LogP contribution is -2.36. The van der Waals surface area contributed by atoms with Gasteiger partial charge in [0.1, 0.15) is 0 Å². The molecule has 0 spiro atoms. The highest BCUT2D eigenvalue weighted by Gasteiger charge is 2.23. The van der Waals surface area contributed by atoms with Gasteiger partial charge < -0.3 is 10.8 Å². The zero-order valence-corrected chi connectivity index (χ0v) is 7.29. The number of hydrogen-bond donors (Lipinski definition) is 2. The van der Waals surface area contributed by atoms with E-state index in [0.717, 1.165) is 5.92 Å². The molecule has 0 saturated heterocycles. The lowest BCUT2D eigenvalue weighted by atomic mass is 9.79. The Hall–Kier alpha value is -0.0800. The van der Waals surface area contributed by atoms with Crippen LogP contribution in [0.1, 0.15) is 32.6 Å². The highest BCUT2D eigenvalue weighted by Crippen LogP contribution is 2.29. The summed E-state index contributed by atoms with van der Waals surface area (Å²) in [5.41, 5.74) is 5.76. The molecule has 1 aliphatic carbocycles. The van der Waals surface area contributed by atoms with Crippen LogP contribution in [0.4, 0.5) is 0 Å². The summed E-state index contributed by atoms with van der Waals surface area (Å²) in [6, 6.07) is 0.0257. The van der Waals surface area contributed by atoms with Crippen LogP contribution in [0.25, 0.3) is 0 Å². The van der Waals surface area contributed by atoms with Crippen molar-refractivity contribution < 1.29 is 5.11 Å². The van der Waals surface area contributed by atoms with Crippen LogP contribution in [-0.2, 0) is 0 Å². The van der Waals surface area contributed by atoms with Crippen molar-refractivity contribution >= 4 is 0 Å². The van der Waals surface area contributed by atoms with Gasteiger partial charge >= 0.3 is 0 Å². The number of aliphatic hydroxyl groups excluding tert-OH is 1. The lowest BCUT2D eigenvalue weighted by Gasteiger charge is -2.30. The molecule has 0 aliphatic heterocycles. The molecule has 1 rings (SSSR count). The molecule has 3 N–H and O–H groups in total. The molecule has 0 aromatic heterocycles. The van der Waals surface area contributed by atoms with Gasteiger partial charge in [0.25, 0.3) is 0 Å². The molecule has 0 radical (unpaired) electrons. The van der Waals surface area contributed by atoms with Gasteiger partial charge in [-0.1, -0.05) is 19.8 Å². The van der Waals surface area contributed by atoms with Crippen molar-refractivity contribution in [3.63, 3.8) is 0 Å². The van der Waals surface area contributed by atoms with Crippen molar-refractivity contribution in [3.8, 4) is 0 Å². The molecule has 2 nitrogen and oxygen atoms in total. The molecule has 1 saturated carbocycles. The number of hydrogen-bond acceptors (Lipinski definition) is 2. The Balaban J connectivity index is 2.33. The van der Waals surface area contributed by atoms with Crippen LogP contribution in [0.3, 0.4) is 0 Å². The van der Waals surface area contributed by atoms with E-state index in [-0.39, 0.29) is 12.6 Å². The molecule has 3 atom stereocenters. The summed E-state index contributed by atoms with van der Waals surface area (Å²) >= 11 is 0. The van der Waals surface area contributed by atoms with Gasteiger partial charge in [0.15, 0.2) is 0 Å². The second kappa shape index (κ2) is 4.07. The van der Waals surface area contributed by atoms with Gasteiger partial charge in [-0.25, -0.2) is 0 Å². The molecular weight excluding hydrogens is 138 g/mol. The van der Waals surface area contributed by atoms with Gasteiger partial charge in [-0.15, -0.1) is 0 Å². The Morgan fingerprint density at radius 3 is 2.82 bits per heavy atom. The molecule has 11 heavy (non-hydrogen) atoms. The fourth-order valence-corrected chi connectivity index (χ4v) is 2.02. The fourth-order valence-electron chi connectivity index (χ4n) is 2.02. The van der Waals surface area contributed by atoms with Gasteiger partial charge in [0.05, 0.1) is 6.61 Å². The first-order chi connectivity index (χ1) is 5.24. The molecule has 66 valence electrons. The first-order valence-corrected chi connectivity index (χ1v) is 4.60. The Morgan fingerprint density at radius 1 is 1.55 bits per heavy atom. The van der Waals surface area contributed by atoms with E-state index in [1.165, 1.54) is 25.7 Å². The first kappa shape index (κ1) is 9.01. The van der Waals surface area contributed by atoms with E-state index in [0.29, 0.717) is 5.92 Å². The third kappa shape index (κ3) is 2.46. The van der Waals surface area contributed by atoms with E-state index in [9.17, 15) is 0 Å². The zero-order valence-electron chi connectivity index (χ0n) is 7.29. The number of aliphatic hydroxyl groups is 1. The van der Waals surface area contributed by atoms with Crippen molar-refractivity contribution in [2.45, 2.75) is 38.6 Å². The van der Waals surface area contributed by atoms with E-state index >= 15 is 0 Å². The lowest BCUT2D eigenvalue weighted by molar-refractivity contribution is 0.177. The topological polar surface area (TPSA) is 46.2 Å². The first-order valence-electron chi connectivity index (χ1n) is 4.60. The fraction of sp³-hybridized carbons (Fsp3) is 1.00. The molecule has 1 aliphatic rings. The second-order valence-electron chi connectivity index (χ2n) is 3.88. The summed E-state index contributed by atoms with van der Waals surface area (Å²) in [4.78, 5) is 0. The normalized spacial score (nSPS) is 35.2. The number of nitrogens with two attached hydrogens (primary N) is 1. The van der Waals surface area contributed by atoms with Crippen LogP contribution in [0.5, 0.6) is 0 Å². The van der Waals surface area contributed by atoms with Crippen LogP contribution in [0.2, 0.25) is 0 Å². The highest BCUT2D eigenvalue weighted by molar-refractivity contribution is 4.78. The molecule has 0 aromatic rings. The Labute approximate surface area is 68.8 Å². The molecule has 0 heterocycles. The third-order valence-electron chi connectivity index (χ3n) is 2.79. The van der Waals surface area contributed by atoms with Gasteiger partial charge in [-0.05, 0) is 24.7 Å². The van der Waals surface area contributed by atoms with Gasteiger partial charge in [-0.3, -0.25) is 0 Å². The monoisotopic (exact) mass is 157 g/mol. The van der Waals surface area contributed by atoms with E-state index < -0.39 is 0 Å². The summed E-state index contributed by atoms with van der Waals surface area (Å²) in [5, 5.41) is 8.85. The second-order valence-corrected chi connectivity index (χ2v) is 3.88. The van der Waals surface area contributed by atoms with Crippen LogP contribution in [-0.4, -0.2) is 17.8 Å². The molecule has 1 fully saturated rings. The quantitative estimate of drug-likeness (QED) is 0.631. The van der Waals surface area contributed by atoms with Crippen molar-refractivity contribution in [2.75, 3.05) is 6.61 Å². The molecule has 0 amide bonds. The van der Waals surface area contributed by atoms with Crippen LogP contribution >= 0.6 is 0 Å². The third-order valence-corrected chi connectivity index (χ3v) is 2.79. The Morgan fingerprint density at radius 2 is 2.27 bits per heavy atom. The summed E-state index contributed by atoms with van der Waals surface area (Å²) in [6.07, 6.45) is 5.06. The summed E-state index contributed by atoms with van der Waals surface area (Å²) in [6.45, 7) is 2.42. The van der Waals surface area contributed by atoms with Gasteiger partial charge in [0, 0.05) is 6.04 Å². The molecule has 2 heteroatoms. The summed E-state index contributed by atoms with van der Waals surface area (Å²) in [7, 11) is 0. The van der Waals surface area contributed by atoms with Gasteiger partial charge in [0.2, 0.25) is 0 Å². The molecular formula is C9H19NO. The zero-order chi connectivity index (χ0) is 8.27. The van der Waals surface area contributed by atoms with E-state index in [4.69, 9.17) is 10.8 Å². The predicted molar refractivity (Wildman–Crippen MR) is 46.2 cm³/mol. The van der Waals surface area contributed by atoms with E-state index in [1.54, 1.807) is 0 Å². The van der Waals surface area contributed by atoms with Crippen LogP contribution in [0.15, 0.2) is 0 Å². The average molecular weight is 157 g/mol. The summed E-state index contributed by atoms with van der Waals surface area (Å²) in [5.74, 6) is 1.38. The van der Waals surface area contributed by atoms with Crippen molar-refractivity contribution in [2.24, 2.45) is 17.6 Å². The maximum Gasteiger partial charge on any atom is 0.0585 e. The Bertz CT molecular complexity index is 116. The molecule has 0 bridgehead atoms. The minimum absolute atomic E-state index is 0.0257. The highest BCUT2D eigenvalue weighted by atomic mass is 16.3. The van der Waals surface area contributed by atoms with Crippen LogP contribution < -0.4 is 5.73 Å². The minimum Gasteiger partial charge on any atom is -0.395 e. The standard InChI is InChI=1S/C9H19NO/c1-7-3-2-4-8(5-7)9(10)6-11/h7-9,11H,2-6,10H2,1H3. The van der Waals surface area contributed by atoms with Crippen molar-refractivity contribution in [3.05, 3.63) is 0 Å². The summed E-state index contributed by atoms with van der Waals surface area (Å²) < 4.78 is 0. The average Bonchev–Trinajstić information content (AvgIpc) is 2.03. The van der Waals surface area contributed by atoms with Crippen molar-refractivity contribution in [1.82, 2.24) is 0 Å². The Kier molecular flexibility index (Phi) is 3.34. The van der Waals surface area contributed by atoms with Gasteiger partial charge in [-0.2, -0.15) is 0 Å². The maximum atomic E-state index is 8.85.